The molecule has 1 aliphatic rings. The van der Waals surface area contributed by atoms with Crippen LogP contribution >= 0.6 is 0 Å². The minimum atomic E-state index is -0.730. The molecule has 0 saturated heterocycles. The van der Waals surface area contributed by atoms with E-state index in [9.17, 15) is 19.2 Å². The maximum absolute atomic E-state index is 14.2. The van der Waals surface area contributed by atoms with Crippen LogP contribution in [0.4, 0.5) is 5.69 Å². The standard InChI is InChI=1S/C33H35N3O6/c1-22-10-14-27(15-11-22)34-30-29(32(39)26-8-6-5-7-9-26)31(25-12-16-28(41-4)17-13-25)36(33(30)40)19-18-35(23(2)37)20-21-42-24(3)38/h5-17,31,34H,18-21H2,1-4H3/t31-/m1/s1. The predicted molar refractivity (Wildman–Crippen MR) is 159 cm³/mol. The SMILES string of the molecule is COc1ccc([C@@H]2C(C(=O)c3ccccc3)=C(Nc3ccc(C)cc3)C(=O)N2CCN(CCOC(C)=O)C(C)=O)cc1. The second-order valence-electron chi connectivity index (χ2n) is 10.00. The normalized spacial score (nSPS) is 14.5. The van der Waals surface area contributed by atoms with Gasteiger partial charge < -0.3 is 24.6 Å². The Morgan fingerprint density at radius 1 is 0.905 bits per heavy atom. The first-order chi connectivity index (χ1) is 20.2. The molecule has 42 heavy (non-hydrogen) atoms. The van der Waals surface area contributed by atoms with Crippen LogP contribution in [0.2, 0.25) is 0 Å². The number of nitrogens with one attached hydrogen (secondary N) is 1. The van der Waals surface area contributed by atoms with Gasteiger partial charge in [-0.1, -0.05) is 60.2 Å². The maximum Gasteiger partial charge on any atom is 0.302 e. The molecule has 0 aliphatic carbocycles. The summed E-state index contributed by atoms with van der Waals surface area (Å²) in [7, 11) is 1.57. The molecule has 2 amide bonds. The fourth-order valence-corrected chi connectivity index (χ4v) is 4.87. The fourth-order valence-electron chi connectivity index (χ4n) is 4.87. The lowest BCUT2D eigenvalue weighted by atomic mass is 9.92. The molecule has 0 unspecified atom stereocenters. The number of esters is 1. The monoisotopic (exact) mass is 569 g/mol. The van der Waals surface area contributed by atoms with E-state index in [-0.39, 0.29) is 49.5 Å². The van der Waals surface area contributed by atoms with Crippen LogP contribution in [0.15, 0.2) is 90.1 Å². The molecule has 0 spiro atoms. The number of benzene rings is 3. The molecular formula is C33H35N3O6. The van der Waals surface area contributed by atoms with E-state index in [4.69, 9.17) is 9.47 Å². The van der Waals surface area contributed by atoms with Crippen molar-refractivity contribution in [3.05, 3.63) is 107 Å². The van der Waals surface area contributed by atoms with E-state index >= 15 is 0 Å². The highest BCUT2D eigenvalue weighted by molar-refractivity contribution is 6.18. The highest BCUT2D eigenvalue weighted by Crippen LogP contribution is 2.40. The Kier molecular flexibility index (Phi) is 9.75. The molecule has 4 rings (SSSR count). The number of ether oxygens (including phenoxy) is 2. The Balaban J connectivity index is 1.77. The number of Topliss-reactive ketones (excluding diaryl/α,β-unsaturated/α-hetero) is 1. The summed E-state index contributed by atoms with van der Waals surface area (Å²) in [6, 6.07) is 22.9. The van der Waals surface area contributed by atoms with E-state index in [1.165, 1.54) is 18.7 Å². The zero-order valence-electron chi connectivity index (χ0n) is 24.3. The van der Waals surface area contributed by atoms with Gasteiger partial charge in [0.05, 0.1) is 25.3 Å². The number of methoxy groups -OCH3 is 1. The van der Waals surface area contributed by atoms with Crippen LogP contribution in [-0.2, 0) is 19.1 Å². The van der Waals surface area contributed by atoms with Crippen molar-refractivity contribution in [1.29, 1.82) is 0 Å². The van der Waals surface area contributed by atoms with E-state index in [0.717, 1.165) is 11.1 Å². The lowest BCUT2D eigenvalue weighted by Crippen LogP contribution is -2.42. The number of amides is 2. The molecule has 0 radical (unpaired) electrons. The van der Waals surface area contributed by atoms with Gasteiger partial charge in [-0.25, -0.2) is 0 Å². The number of rotatable bonds is 12. The summed E-state index contributed by atoms with van der Waals surface area (Å²) in [5.74, 6) is -0.658. The Morgan fingerprint density at radius 2 is 1.57 bits per heavy atom. The van der Waals surface area contributed by atoms with E-state index in [2.05, 4.69) is 5.32 Å². The smallest absolute Gasteiger partial charge is 0.302 e. The van der Waals surface area contributed by atoms with Gasteiger partial charge in [0.2, 0.25) is 5.91 Å². The summed E-state index contributed by atoms with van der Waals surface area (Å²) < 4.78 is 10.4. The molecule has 0 fully saturated rings. The summed E-state index contributed by atoms with van der Waals surface area (Å²) in [4.78, 5) is 55.1. The van der Waals surface area contributed by atoms with Crippen LogP contribution in [-0.4, -0.2) is 66.7 Å². The second kappa shape index (κ2) is 13.6. The molecule has 1 heterocycles. The largest absolute Gasteiger partial charge is 0.497 e. The molecule has 1 aliphatic heterocycles. The third-order valence-corrected chi connectivity index (χ3v) is 7.08. The lowest BCUT2D eigenvalue weighted by molar-refractivity contribution is -0.143. The molecule has 1 N–H and O–H groups in total. The predicted octanol–water partition coefficient (Wildman–Crippen LogP) is 4.55. The van der Waals surface area contributed by atoms with Crippen molar-refractivity contribution in [2.45, 2.75) is 26.8 Å². The average molecular weight is 570 g/mol. The highest BCUT2D eigenvalue weighted by Gasteiger charge is 2.43. The molecule has 9 heteroatoms. The third-order valence-electron chi connectivity index (χ3n) is 7.08. The first-order valence-electron chi connectivity index (χ1n) is 13.7. The third kappa shape index (κ3) is 7.04. The Bertz CT molecular complexity index is 1470. The van der Waals surface area contributed by atoms with Crippen LogP contribution in [0.5, 0.6) is 5.75 Å². The molecule has 3 aromatic carbocycles. The van der Waals surface area contributed by atoms with E-state index in [0.29, 0.717) is 22.6 Å². The quantitative estimate of drug-likeness (QED) is 0.252. The average Bonchev–Trinajstić information content (AvgIpc) is 3.26. The molecule has 1 atom stereocenters. The minimum absolute atomic E-state index is 0.0426. The fraction of sp³-hybridized carbons (Fsp3) is 0.273. The zero-order valence-corrected chi connectivity index (χ0v) is 24.3. The number of nitrogens with zero attached hydrogens (tertiary/aromatic N) is 2. The molecule has 0 bridgehead atoms. The van der Waals surface area contributed by atoms with E-state index < -0.39 is 12.0 Å². The van der Waals surface area contributed by atoms with Crippen LogP contribution in [0.1, 0.15) is 41.4 Å². The van der Waals surface area contributed by atoms with Crippen molar-refractivity contribution in [3.63, 3.8) is 0 Å². The first-order valence-corrected chi connectivity index (χ1v) is 13.7. The Hall–Kier alpha value is -4.92. The lowest BCUT2D eigenvalue weighted by Gasteiger charge is -2.30. The van der Waals surface area contributed by atoms with Crippen molar-refractivity contribution in [2.75, 3.05) is 38.7 Å². The van der Waals surface area contributed by atoms with Crippen molar-refractivity contribution in [3.8, 4) is 5.75 Å². The van der Waals surface area contributed by atoms with Gasteiger partial charge in [-0.05, 0) is 36.8 Å². The molecule has 0 saturated carbocycles. The number of ketones is 1. The van der Waals surface area contributed by atoms with Crippen LogP contribution in [0, 0.1) is 6.92 Å². The first kappa shape index (κ1) is 30.0. The van der Waals surface area contributed by atoms with Gasteiger partial charge in [0.15, 0.2) is 5.78 Å². The summed E-state index contributed by atoms with van der Waals surface area (Å²) in [6.07, 6.45) is 0. The van der Waals surface area contributed by atoms with Gasteiger partial charge in [-0.2, -0.15) is 0 Å². The Morgan fingerprint density at radius 3 is 2.17 bits per heavy atom. The molecule has 0 aromatic heterocycles. The summed E-state index contributed by atoms with van der Waals surface area (Å²) in [5.41, 5.74) is 3.40. The highest BCUT2D eigenvalue weighted by atomic mass is 16.5. The molecule has 3 aromatic rings. The minimum Gasteiger partial charge on any atom is -0.497 e. The van der Waals surface area contributed by atoms with E-state index in [1.54, 1.807) is 48.4 Å². The van der Waals surface area contributed by atoms with E-state index in [1.807, 2.05) is 49.4 Å². The van der Waals surface area contributed by atoms with Gasteiger partial charge in [0.1, 0.15) is 18.1 Å². The van der Waals surface area contributed by atoms with Crippen LogP contribution in [0.25, 0.3) is 0 Å². The molecule has 9 nitrogen and oxygen atoms in total. The zero-order chi connectivity index (χ0) is 30.2. The van der Waals surface area contributed by atoms with Crippen molar-refractivity contribution in [1.82, 2.24) is 9.80 Å². The maximum atomic E-state index is 14.2. The van der Waals surface area contributed by atoms with Crippen LogP contribution < -0.4 is 10.1 Å². The van der Waals surface area contributed by atoms with Gasteiger partial charge in [-0.3, -0.25) is 19.2 Å². The topological polar surface area (TPSA) is 105 Å². The number of anilines is 1. The summed E-state index contributed by atoms with van der Waals surface area (Å²) in [6.45, 7) is 5.24. The van der Waals surface area contributed by atoms with Crippen LogP contribution in [0.3, 0.4) is 0 Å². The van der Waals surface area contributed by atoms with Gasteiger partial charge >= 0.3 is 5.97 Å². The number of carbonyl (C=O) groups excluding carboxylic acids is 4. The number of hydrogen-bond acceptors (Lipinski definition) is 7. The van der Waals surface area contributed by atoms with Crippen molar-refractivity contribution in [2.24, 2.45) is 0 Å². The number of carbonyl (C=O) groups is 4. The molecule has 218 valence electrons. The summed E-state index contributed by atoms with van der Waals surface area (Å²) in [5, 5.41) is 3.23. The second-order valence-corrected chi connectivity index (χ2v) is 10.00. The van der Waals surface area contributed by atoms with Gasteiger partial charge in [-0.15, -0.1) is 0 Å². The summed E-state index contributed by atoms with van der Waals surface area (Å²) >= 11 is 0. The number of aryl methyl sites for hydroxylation is 1. The Labute approximate surface area is 245 Å². The molecular weight excluding hydrogens is 534 g/mol. The van der Waals surface area contributed by atoms with Gasteiger partial charge in [0, 0.05) is 38.2 Å². The van der Waals surface area contributed by atoms with Crippen molar-refractivity contribution >= 4 is 29.3 Å². The van der Waals surface area contributed by atoms with Gasteiger partial charge in [0.25, 0.3) is 5.91 Å². The number of hydrogen-bond donors (Lipinski definition) is 1. The van der Waals surface area contributed by atoms with Crippen molar-refractivity contribution < 1.29 is 28.7 Å².